The Bertz CT molecular complexity index is 2500. The fourth-order valence-electron chi connectivity index (χ4n) is 10.9. The van der Waals surface area contributed by atoms with Gasteiger partial charge in [0, 0.05) is 47.0 Å². The van der Waals surface area contributed by atoms with Gasteiger partial charge in [-0.3, -0.25) is 43.3 Å². The fraction of sp³-hybridized carbons (Fsp3) is 0.661. The van der Waals surface area contributed by atoms with Crippen LogP contribution in [0.1, 0.15) is 138 Å². The highest BCUT2D eigenvalue weighted by Crippen LogP contribution is 2.30. The molecule has 0 aliphatic carbocycles. The minimum absolute atomic E-state index is 0.0832. The second-order valence-electron chi connectivity index (χ2n) is 23.8. The third-order valence-corrected chi connectivity index (χ3v) is 16.1. The van der Waals surface area contributed by atoms with Crippen LogP contribution in [-0.2, 0) is 59.2 Å². The average Bonchev–Trinajstić information content (AvgIpc) is 4.22. The van der Waals surface area contributed by atoms with Gasteiger partial charge in [-0.1, -0.05) is 111 Å². The minimum Gasteiger partial charge on any atom is -0.445 e. The first-order chi connectivity index (χ1) is 40.0. The molecular weight excluding hydrogens is 1090 g/mol. The number of carbonyl (C=O) groups excluding carboxylic acids is 9. The number of aliphatic hydroxyl groups excluding tert-OH is 1. The zero-order chi connectivity index (χ0) is 64.0. The molecule has 2 aromatic rings. The number of methoxy groups -OCH3 is 2. The number of nitrogens with two attached hydrogens (primary N) is 1. The maximum Gasteiger partial charge on any atom is 0.410 e. The maximum absolute atomic E-state index is 14.8. The molecule has 2 aromatic carbocycles. The van der Waals surface area contributed by atoms with E-state index in [-0.39, 0.29) is 55.4 Å². The van der Waals surface area contributed by atoms with Gasteiger partial charge in [0.15, 0.2) is 0 Å². The molecule has 0 radical (unpaired) electrons. The summed E-state index contributed by atoms with van der Waals surface area (Å²) in [6.07, 6.45) is -1.11. The number of amides is 9. The molecule has 9 N–H and O–H groups in total. The smallest absolute Gasteiger partial charge is 0.410 e. The van der Waals surface area contributed by atoms with E-state index in [1.54, 1.807) is 102 Å². The van der Waals surface area contributed by atoms with Crippen molar-refractivity contribution in [1.29, 1.82) is 0 Å². The summed E-state index contributed by atoms with van der Waals surface area (Å²) in [7, 11) is 7.75. The van der Waals surface area contributed by atoms with E-state index in [1.165, 1.54) is 33.1 Å². The lowest BCUT2D eigenvalue weighted by atomic mass is 9.89. The van der Waals surface area contributed by atoms with Gasteiger partial charge in [-0.05, 0) is 93.5 Å². The summed E-state index contributed by atoms with van der Waals surface area (Å²) < 4.78 is 17.7. The number of hydrogen-bond donors (Lipinski definition) is 8. The number of likely N-dealkylation sites (N-methyl/N-ethyl adjacent to an activating group) is 3. The Morgan fingerprint density at radius 1 is 0.741 bits per heavy atom. The summed E-state index contributed by atoms with van der Waals surface area (Å²) in [5.41, 5.74) is 6.91. The van der Waals surface area contributed by atoms with E-state index in [1.807, 2.05) is 45.9 Å². The first-order valence-electron chi connectivity index (χ1n) is 29.8. The summed E-state index contributed by atoms with van der Waals surface area (Å²) in [6, 6.07) is 8.94. The highest BCUT2D eigenvalue weighted by Gasteiger charge is 2.44. The maximum atomic E-state index is 14.8. The number of likely N-dealkylation sites (tertiary alicyclic amines) is 1. The third kappa shape index (κ3) is 21.3. The van der Waals surface area contributed by atoms with Crippen LogP contribution in [0.15, 0.2) is 54.6 Å². The van der Waals surface area contributed by atoms with Gasteiger partial charge in [0.25, 0.3) is 0 Å². The number of carbonyl (C=O) groups is 9. The highest BCUT2D eigenvalue weighted by molar-refractivity contribution is 5.99. The average molecular weight is 1190 g/mol. The van der Waals surface area contributed by atoms with Gasteiger partial charge >= 0.3 is 6.09 Å². The van der Waals surface area contributed by atoms with Crippen LogP contribution in [0, 0.1) is 29.6 Å². The minimum atomic E-state index is -1.18. The Balaban J connectivity index is 1.69. The monoisotopic (exact) mass is 1190 g/mol. The van der Waals surface area contributed by atoms with Gasteiger partial charge in [0.05, 0.1) is 54.8 Å². The van der Waals surface area contributed by atoms with Crippen LogP contribution >= 0.6 is 0 Å². The predicted octanol–water partition coefficient (Wildman–Crippen LogP) is 4.41. The standard InChI is InChI=1S/C62H100N10O13/c1-17-38(8)53(48(83-15)33-50(74)72-31-21-24-47(72)55(84-16)39(9)56(76)65-40(10)54(75)43-22-19-18-20-23-43)70(13)61(81)51(36(4)5)69-60(80)52(37(6)7)71(14)62(82)85-34-42-25-27-44(28-26-42)67-58(78)45(29-30-49(63)73)68-57(77)41(11)66-59(79)46(64-12)32-35(2)3/h18-20,22-23,25-28,35-41,45-48,51-55,64,75H,17,21,24,29-34H2,1-16H3,(H2,63,73)(H,65,76)(H,66,79)(H,67,78)(H,68,77)(H,69,80)/t38-,39+,40+,41-,45-,46+,47-,48+,51-,52-,53-,54+,55+/m0/s1. The number of benzene rings is 2. The number of hydrogen-bond acceptors (Lipinski definition) is 14. The molecule has 0 unspecified atom stereocenters. The van der Waals surface area contributed by atoms with Gasteiger partial charge in [-0.25, -0.2) is 4.79 Å². The van der Waals surface area contributed by atoms with Crippen LogP contribution in [0.5, 0.6) is 0 Å². The summed E-state index contributed by atoms with van der Waals surface area (Å²) in [5.74, 6) is -5.34. The highest BCUT2D eigenvalue weighted by atomic mass is 16.6. The molecule has 23 heteroatoms. The van der Waals surface area contributed by atoms with Crippen molar-refractivity contribution in [2.45, 2.75) is 194 Å². The Morgan fingerprint density at radius 3 is 1.92 bits per heavy atom. The number of primary amides is 1. The lowest BCUT2D eigenvalue weighted by molar-refractivity contribution is -0.148. The summed E-state index contributed by atoms with van der Waals surface area (Å²) >= 11 is 0. The lowest BCUT2D eigenvalue weighted by Crippen LogP contribution is -2.60. The molecule has 85 heavy (non-hydrogen) atoms. The lowest BCUT2D eigenvalue weighted by Gasteiger charge is -2.41. The molecule has 0 spiro atoms. The number of anilines is 1. The molecule has 1 saturated heterocycles. The zero-order valence-corrected chi connectivity index (χ0v) is 53.1. The molecule has 1 fully saturated rings. The van der Waals surface area contributed by atoms with E-state index in [0.717, 1.165) is 0 Å². The van der Waals surface area contributed by atoms with Crippen LogP contribution in [-0.4, -0.2) is 176 Å². The number of rotatable bonds is 34. The van der Waals surface area contributed by atoms with Crippen molar-refractivity contribution in [1.82, 2.24) is 41.3 Å². The number of ether oxygens (including phenoxy) is 3. The van der Waals surface area contributed by atoms with E-state index in [2.05, 4.69) is 31.9 Å². The van der Waals surface area contributed by atoms with Crippen molar-refractivity contribution in [3.63, 3.8) is 0 Å². The Hall–Kier alpha value is -6.69. The molecule has 1 aliphatic rings. The predicted molar refractivity (Wildman–Crippen MR) is 324 cm³/mol. The van der Waals surface area contributed by atoms with Gasteiger partial charge in [-0.2, -0.15) is 0 Å². The number of aliphatic hydroxyl groups is 1. The fourth-order valence-corrected chi connectivity index (χ4v) is 10.9. The molecule has 23 nitrogen and oxygen atoms in total. The first-order valence-corrected chi connectivity index (χ1v) is 29.8. The van der Waals surface area contributed by atoms with Gasteiger partial charge in [0.1, 0.15) is 30.8 Å². The van der Waals surface area contributed by atoms with Gasteiger partial charge in [-0.15, -0.1) is 0 Å². The van der Waals surface area contributed by atoms with Crippen LogP contribution in [0.2, 0.25) is 0 Å². The van der Waals surface area contributed by atoms with Crippen LogP contribution in [0.4, 0.5) is 10.5 Å². The largest absolute Gasteiger partial charge is 0.445 e. The molecule has 3 rings (SSSR count). The second kappa shape index (κ2) is 35.1. The van der Waals surface area contributed by atoms with Crippen molar-refractivity contribution >= 4 is 59.0 Å². The Kier molecular flexibility index (Phi) is 29.9. The van der Waals surface area contributed by atoms with E-state index in [0.29, 0.717) is 49.0 Å². The topological polar surface area (TPSA) is 309 Å². The van der Waals surface area contributed by atoms with Crippen molar-refractivity contribution in [3.05, 3.63) is 65.7 Å². The SMILES string of the molecule is CC[C@H](C)[C@@H]([C@@H](CC(=O)N1CCC[C@H]1[C@H](OC)[C@@H](C)C(=O)N[C@H](C)[C@@H](O)c1ccccc1)OC)N(C)C(=O)[C@@H](NC(=O)[C@H](C(C)C)N(C)C(=O)OCc1ccc(NC(=O)[C@H](CCC(N)=O)NC(=O)[C@H](C)NC(=O)[C@@H](CC(C)C)NC)cc1)C(C)C. The molecule has 13 atom stereocenters. The molecule has 1 heterocycles. The number of nitrogens with zero attached hydrogens (tertiary/aromatic N) is 3. The summed E-state index contributed by atoms with van der Waals surface area (Å²) in [5, 5.41) is 27.8. The number of nitrogens with one attached hydrogen (secondary N) is 6. The summed E-state index contributed by atoms with van der Waals surface area (Å²) in [4.78, 5) is 127. The molecule has 9 amide bonds. The second-order valence-corrected chi connectivity index (χ2v) is 23.8. The molecule has 1 aliphatic heterocycles. The van der Waals surface area contributed by atoms with Crippen LogP contribution in [0.3, 0.4) is 0 Å². The van der Waals surface area contributed by atoms with Crippen molar-refractivity contribution in [2.75, 3.05) is 47.2 Å². The van der Waals surface area contributed by atoms with Crippen LogP contribution < -0.4 is 37.6 Å². The Morgan fingerprint density at radius 2 is 1.38 bits per heavy atom. The van der Waals surface area contributed by atoms with E-state index in [4.69, 9.17) is 19.9 Å². The van der Waals surface area contributed by atoms with Crippen molar-refractivity contribution in [3.8, 4) is 0 Å². The van der Waals surface area contributed by atoms with E-state index in [9.17, 15) is 48.3 Å². The molecule has 0 bridgehead atoms. The molecule has 0 saturated carbocycles. The molecule has 0 aromatic heterocycles. The van der Waals surface area contributed by atoms with Crippen molar-refractivity contribution < 1.29 is 62.5 Å². The van der Waals surface area contributed by atoms with Crippen LogP contribution in [0.25, 0.3) is 0 Å². The molecule has 476 valence electrons. The molecular formula is C62H100N10O13. The quantitative estimate of drug-likeness (QED) is 0.0482. The third-order valence-electron chi connectivity index (χ3n) is 16.1. The van der Waals surface area contributed by atoms with E-state index < -0.39 is 120 Å². The summed E-state index contributed by atoms with van der Waals surface area (Å²) in [6.45, 7) is 20.2. The van der Waals surface area contributed by atoms with Crippen molar-refractivity contribution in [2.24, 2.45) is 35.3 Å². The van der Waals surface area contributed by atoms with Gasteiger partial charge < -0.3 is 66.8 Å². The van der Waals surface area contributed by atoms with E-state index >= 15 is 0 Å². The normalized spacial score (nSPS) is 17.6. The Labute approximate surface area is 503 Å². The first kappa shape index (κ1) is 72.6. The van der Waals surface area contributed by atoms with Gasteiger partial charge in [0.2, 0.25) is 47.3 Å². The zero-order valence-electron chi connectivity index (χ0n) is 53.1.